The fraction of sp³-hybridized carbons (Fsp3) is 0.179. The lowest BCUT2D eigenvalue weighted by atomic mass is 9.93. The Hall–Kier alpha value is -4.59. The van der Waals surface area contributed by atoms with Crippen LogP contribution in [0.1, 0.15) is 37.7 Å². The van der Waals surface area contributed by atoms with Crippen molar-refractivity contribution in [2.75, 3.05) is 19.5 Å². The molecule has 0 aliphatic heterocycles. The Kier molecular flexibility index (Phi) is 6.78. The van der Waals surface area contributed by atoms with Gasteiger partial charge in [0, 0.05) is 29.4 Å². The molecule has 1 aromatic heterocycles. The van der Waals surface area contributed by atoms with Gasteiger partial charge in [-0.25, -0.2) is 4.98 Å². The second-order valence-electron chi connectivity index (χ2n) is 8.48. The van der Waals surface area contributed by atoms with Crippen LogP contribution < -0.4 is 15.4 Å². The van der Waals surface area contributed by atoms with Crippen LogP contribution in [0.4, 0.5) is 5.69 Å². The normalized spacial score (nSPS) is 10.7. The molecule has 4 rings (SSSR count). The van der Waals surface area contributed by atoms with Crippen molar-refractivity contribution in [3.63, 3.8) is 0 Å². The number of methoxy groups -OCH3 is 1. The molecule has 8 heteroatoms. The summed E-state index contributed by atoms with van der Waals surface area (Å²) in [6, 6.07) is 18.1. The third-order valence-corrected chi connectivity index (χ3v) is 6.06. The number of rotatable bonds is 6. The van der Waals surface area contributed by atoms with Gasteiger partial charge in [-0.3, -0.25) is 9.59 Å². The molecule has 184 valence electrons. The van der Waals surface area contributed by atoms with Gasteiger partial charge >= 0.3 is 0 Å². The molecule has 0 radical (unpaired) electrons. The summed E-state index contributed by atoms with van der Waals surface area (Å²) in [4.78, 5) is 29.5. The summed E-state index contributed by atoms with van der Waals surface area (Å²) in [6.45, 7) is 5.72. The van der Waals surface area contributed by atoms with Gasteiger partial charge in [-0.05, 0) is 73.9 Å². The number of ether oxygens (including phenoxy) is 1. The van der Waals surface area contributed by atoms with E-state index in [1.807, 2.05) is 44.2 Å². The highest BCUT2D eigenvalue weighted by Gasteiger charge is 2.23. The minimum Gasteiger partial charge on any atom is -0.496 e. The van der Waals surface area contributed by atoms with Crippen molar-refractivity contribution < 1.29 is 19.5 Å². The lowest BCUT2D eigenvalue weighted by molar-refractivity contribution is 0.0956. The number of nitrogens with one attached hydrogen (secondary N) is 2. The molecule has 8 nitrogen and oxygen atoms in total. The standard InChI is InChI=1S/C28H28N4O4/c1-16-8-6-9-17(2)24(16)22-15-19(12-13-23(22)36-5)26-30-18(3)25(32(26)35)28(34)31-21-11-7-10-20(14-21)27(33)29-4/h6-15,35H,1-5H3,(H,29,33)(H,31,34). The van der Waals surface area contributed by atoms with Crippen molar-refractivity contribution in [3.8, 4) is 28.3 Å². The van der Waals surface area contributed by atoms with Gasteiger partial charge < -0.3 is 20.6 Å². The van der Waals surface area contributed by atoms with E-state index in [1.54, 1.807) is 44.4 Å². The lowest BCUT2D eigenvalue weighted by Crippen LogP contribution is -2.20. The number of carbonyl (C=O) groups is 2. The zero-order valence-corrected chi connectivity index (χ0v) is 20.8. The molecular weight excluding hydrogens is 456 g/mol. The van der Waals surface area contributed by atoms with Crippen molar-refractivity contribution in [1.82, 2.24) is 15.0 Å². The van der Waals surface area contributed by atoms with E-state index >= 15 is 0 Å². The summed E-state index contributed by atoms with van der Waals surface area (Å²) < 4.78 is 6.41. The summed E-state index contributed by atoms with van der Waals surface area (Å²) in [5, 5.41) is 16.3. The van der Waals surface area contributed by atoms with Crippen molar-refractivity contribution >= 4 is 17.5 Å². The number of amides is 2. The zero-order valence-electron chi connectivity index (χ0n) is 20.8. The highest BCUT2D eigenvalue weighted by atomic mass is 16.5. The lowest BCUT2D eigenvalue weighted by Gasteiger charge is -2.15. The van der Waals surface area contributed by atoms with Crippen molar-refractivity contribution in [3.05, 3.63) is 88.7 Å². The molecule has 0 fully saturated rings. The first-order valence-corrected chi connectivity index (χ1v) is 11.4. The van der Waals surface area contributed by atoms with E-state index in [-0.39, 0.29) is 17.4 Å². The average Bonchev–Trinajstić information content (AvgIpc) is 3.17. The maximum Gasteiger partial charge on any atom is 0.277 e. The molecule has 0 saturated carbocycles. The predicted molar refractivity (Wildman–Crippen MR) is 139 cm³/mol. The van der Waals surface area contributed by atoms with Crippen LogP contribution in [0.5, 0.6) is 5.75 Å². The summed E-state index contributed by atoms with van der Waals surface area (Å²) in [7, 11) is 3.15. The molecule has 0 spiro atoms. The van der Waals surface area contributed by atoms with Gasteiger partial charge in [-0.2, -0.15) is 4.73 Å². The molecule has 0 unspecified atom stereocenters. The SMILES string of the molecule is CNC(=O)c1cccc(NC(=O)c2c(C)nc(-c3ccc(OC)c(-c4c(C)cccc4C)c3)n2O)c1. The van der Waals surface area contributed by atoms with E-state index in [0.29, 0.717) is 28.3 Å². The predicted octanol–water partition coefficient (Wildman–Crippen LogP) is 5.00. The average molecular weight is 485 g/mol. The van der Waals surface area contributed by atoms with Crippen LogP contribution in [0.15, 0.2) is 60.7 Å². The quantitative estimate of drug-likeness (QED) is 0.334. The summed E-state index contributed by atoms with van der Waals surface area (Å²) >= 11 is 0. The number of nitrogens with zero attached hydrogens (tertiary/aromatic N) is 2. The van der Waals surface area contributed by atoms with Crippen molar-refractivity contribution in [2.45, 2.75) is 20.8 Å². The van der Waals surface area contributed by atoms with Gasteiger partial charge in [0.25, 0.3) is 11.8 Å². The Balaban J connectivity index is 1.73. The monoisotopic (exact) mass is 484 g/mol. The fourth-order valence-corrected chi connectivity index (χ4v) is 4.32. The van der Waals surface area contributed by atoms with E-state index < -0.39 is 5.91 Å². The molecule has 0 bridgehead atoms. The number of anilines is 1. The molecule has 1 heterocycles. The summed E-state index contributed by atoms with van der Waals surface area (Å²) in [5.74, 6) is 0.104. The number of imidazole rings is 1. The molecule has 0 aliphatic rings. The van der Waals surface area contributed by atoms with Gasteiger partial charge in [0.2, 0.25) is 0 Å². The third-order valence-electron chi connectivity index (χ3n) is 6.06. The van der Waals surface area contributed by atoms with Crippen LogP contribution in [0.3, 0.4) is 0 Å². The van der Waals surface area contributed by atoms with Gasteiger partial charge in [-0.1, -0.05) is 24.3 Å². The van der Waals surface area contributed by atoms with E-state index in [4.69, 9.17) is 4.74 Å². The number of benzene rings is 3. The highest BCUT2D eigenvalue weighted by molar-refractivity contribution is 6.05. The fourth-order valence-electron chi connectivity index (χ4n) is 4.32. The molecule has 2 amide bonds. The Morgan fingerprint density at radius 3 is 2.31 bits per heavy atom. The molecule has 3 aromatic carbocycles. The van der Waals surface area contributed by atoms with Crippen LogP contribution in [-0.2, 0) is 0 Å². The Morgan fingerprint density at radius 2 is 1.64 bits per heavy atom. The minimum atomic E-state index is -0.550. The van der Waals surface area contributed by atoms with Gasteiger partial charge in [0.1, 0.15) is 5.75 Å². The Bertz CT molecular complexity index is 1450. The number of hydrogen-bond donors (Lipinski definition) is 3. The molecular formula is C28H28N4O4. The maximum atomic E-state index is 13.1. The van der Waals surface area contributed by atoms with Crippen LogP contribution in [0.2, 0.25) is 0 Å². The number of aryl methyl sites for hydroxylation is 3. The molecule has 4 aromatic rings. The highest BCUT2D eigenvalue weighted by Crippen LogP contribution is 2.37. The molecule has 3 N–H and O–H groups in total. The number of carbonyl (C=O) groups excluding carboxylic acids is 2. The van der Waals surface area contributed by atoms with Gasteiger partial charge in [0.05, 0.1) is 12.8 Å². The first-order valence-electron chi connectivity index (χ1n) is 11.4. The van der Waals surface area contributed by atoms with Crippen LogP contribution >= 0.6 is 0 Å². The van der Waals surface area contributed by atoms with Crippen LogP contribution in [0, 0.1) is 20.8 Å². The molecule has 36 heavy (non-hydrogen) atoms. The van der Waals surface area contributed by atoms with E-state index in [2.05, 4.69) is 15.6 Å². The van der Waals surface area contributed by atoms with E-state index in [0.717, 1.165) is 27.0 Å². The first-order chi connectivity index (χ1) is 17.2. The molecule has 0 aliphatic carbocycles. The van der Waals surface area contributed by atoms with Crippen LogP contribution in [-0.4, -0.2) is 40.9 Å². The van der Waals surface area contributed by atoms with Crippen molar-refractivity contribution in [2.24, 2.45) is 0 Å². The van der Waals surface area contributed by atoms with Crippen LogP contribution in [0.25, 0.3) is 22.5 Å². The Labute approximate surface area is 209 Å². The molecule has 0 saturated heterocycles. The number of hydrogen-bond acceptors (Lipinski definition) is 5. The smallest absolute Gasteiger partial charge is 0.277 e. The maximum absolute atomic E-state index is 13.1. The minimum absolute atomic E-state index is 0.000198. The third kappa shape index (κ3) is 4.53. The number of aromatic nitrogens is 2. The summed E-state index contributed by atoms with van der Waals surface area (Å²) in [5.41, 5.74) is 5.89. The zero-order chi connectivity index (χ0) is 26.0. The topological polar surface area (TPSA) is 105 Å². The first kappa shape index (κ1) is 24.5. The van der Waals surface area contributed by atoms with E-state index in [9.17, 15) is 14.8 Å². The second-order valence-corrected chi connectivity index (χ2v) is 8.48. The van der Waals surface area contributed by atoms with E-state index in [1.165, 1.54) is 7.05 Å². The summed E-state index contributed by atoms with van der Waals surface area (Å²) in [6.07, 6.45) is 0. The largest absolute Gasteiger partial charge is 0.496 e. The van der Waals surface area contributed by atoms with Crippen molar-refractivity contribution in [1.29, 1.82) is 0 Å². The molecule has 0 atom stereocenters. The van der Waals surface area contributed by atoms with Gasteiger partial charge in [-0.15, -0.1) is 0 Å². The second kappa shape index (κ2) is 9.95. The Morgan fingerprint density at radius 1 is 0.944 bits per heavy atom. The van der Waals surface area contributed by atoms with Gasteiger partial charge in [0.15, 0.2) is 11.5 Å².